The summed E-state index contributed by atoms with van der Waals surface area (Å²) < 4.78 is 6.32. The molecule has 43 heavy (non-hydrogen) atoms. The number of hydrogen-bond acceptors (Lipinski definition) is 6. The Kier molecular flexibility index (Phi) is 13.4. The van der Waals surface area contributed by atoms with Crippen molar-refractivity contribution in [3.8, 4) is 5.75 Å². The van der Waals surface area contributed by atoms with Crippen LogP contribution in [-0.4, -0.2) is 77.9 Å². The van der Waals surface area contributed by atoms with Gasteiger partial charge in [-0.05, 0) is 66.3 Å². The summed E-state index contributed by atoms with van der Waals surface area (Å²) >= 11 is 4.64. The first-order valence-corrected chi connectivity index (χ1v) is 15.9. The second-order valence-electron chi connectivity index (χ2n) is 11.5. The average molecular weight is 615 g/mol. The van der Waals surface area contributed by atoms with Crippen molar-refractivity contribution < 1.29 is 29.6 Å². The number of halogens is 1. The molecule has 1 aliphatic heterocycles. The standard InChI is InChI=1S/C33H44N2O6.CH3Cl/c1-4-9-23-10-5-6-11-27(23)26-20-35(29-18-24(32(38)33(39)40)14-16-31(29)41-21-26)19-25-13-15-28(25)30(37)12-7-8-17-34(3)22(2)36;1-2/h5-7,10-12,14,16,18,25-26,28,30,32,37-38H,4,8-9,13,15,17,19-21H2,1-3H3,(H,39,40);1H3/b12-7+;/t25?,26-,28?,30?,32?;/m1./s1. The van der Waals surface area contributed by atoms with Gasteiger partial charge in [0, 0.05) is 45.9 Å². The first kappa shape index (κ1) is 34.4. The highest BCUT2D eigenvalue weighted by molar-refractivity contribution is 6.15. The summed E-state index contributed by atoms with van der Waals surface area (Å²) in [5.41, 5.74) is 3.68. The van der Waals surface area contributed by atoms with Crippen molar-refractivity contribution in [3.63, 3.8) is 0 Å². The predicted molar refractivity (Wildman–Crippen MR) is 171 cm³/mol. The number of hydrogen-bond donors (Lipinski definition) is 3. The van der Waals surface area contributed by atoms with Crippen LogP contribution >= 0.6 is 11.6 Å². The second-order valence-corrected chi connectivity index (χ2v) is 11.5. The Labute approximate surface area is 260 Å². The van der Waals surface area contributed by atoms with Gasteiger partial charge in [0.15, 0.2) is 6.10 Å². The number of nitrogens with zero attached hydrogens (tertiary/aromatic N) is 2. The molecule has 2 aliphatic rings. The van der Waals surface area contributed by atoms with Gasteiger partial charge >= 0.3 is 5.97 Å². The molecule has 5 atom stereocenters. The number of benzene rings is 2. The number of amides is 1. The van der Waals surface area contributed by atoms with Crippen LogP contribution in [0.2, 0.25) is 0 Å². The van der Waals surface area contributed by atoms with Crippen LogP contribution in [0.4, 0.5) is 5.69 Å². The summed E-state index contributed by atoms with van der Waals surface area (Å²) in [6.07, 6.45) is 7.74. The lowest BCUT2D eigenvalue weighted by Crippen LogP contribution is -2.44. The molecule has 1 saturated carbocycles. The third kappa shape index (κ3) is 8.97. The average Bonchev–Trinajstić information content (AvgIpc) is 3.17. The van der Waals surface area contributed by atoms with Gasteiger partial charge in [-0.15, -0.1) is 11.6 Å². The van der Waals surface area contributed by atoms with E-state index in [2.05, 4.69) is 47.7 Å². The zero-order valence-electron chi connectivity index (χ0n) is 25.8. The number of aliphatic hydroxyl groups is 2. The molecule has 2 aromatic rings. The van der Waals surface area contributed by atoms with Crippen molar-refractivity contribution in [3.05, 3.63) is 71.3 Å². The summed E-state index contributed by atoms with van der Waals surface area (Å²) in [4.78, 5) is 26.9. The zero-order valence-corrected chi connectivity index (χ0v) is 26.5. The summed E-state index contributed by atoms with van der Waals surface area (Å²) in [5.74, 6) is -0.120. The zero-order chi connectivity index (χ0) is 31.5. The van der Waals surface area contributed by atoms with Crippen molar-refractivity contribution in [1.29, 1.82) is 0 Å². The Morgan fingerprint density at radius 3 is 2.56 bits per heavy atom. The van der Waals surface area contributed by atoms with Crippen LogP contribution in [0.5, 0.6) is 5.75 Å². The van der Waals surface area contributed by atoms with Crippen LogP contribution in [0, 0.1) is 11.8 Å². The fourth-order valence-electron chi connectivity index (χ4n) is 5.97. The van der Waals surface area contributed by atoms with Crippen LogP contribution in [0.1, 0.15) is 68.2 Å². The first-order valence-electron chi connectivity index (χ1n) is 15.1. The second kappa shape index (κ2) is 16.7. The highest BCUT2D eigenvalue weighted by atomic mass is 35.5. The number of anilines is 1. The minimum atomic E-state index is -1.61. The van der Waals surface area contributed by atoms with Crippen molar-refractivity contribution in [2.24, 2.45) is 11.8 Å². The molecule has 236 valence electrons. The minimum Gasteiger partial charge on any atom is -0.491 e. The molecule has 4 rings (SSSR count). The van der Waals surface area contributed by atoms with E-state index in [1.807, 2.05) is 12.2 Å². The van der Waals surface area contributed by atoms with Crippen LogP contribution < -0.4 is 9.64 Å². The Balaban J connectivity index is 0.00000248. The van der Waals surface area contributed by atoms with Gasteiger partial charge in [-0.3, -0.25) is 4.79 Å². The molecular weight excluding hydrogens is 568 g/mol. The van der Waals surface area contributed by atoms with Crippen molar-refractivity contribution in [1.82, 2.24) is 4.90 Å². The Morgan fingerprint density at radius 2 is 1.91 bits per heavy atom. The van der Waals surface area contributed by atoms with E-state index in [-0.39, 0.29) is 23.7 Å². The Hall–Kier alpha value is -3.07. The van der Waals surface area contributed by atoms with Crippen molar-refractivity contribution in [2.45, 2.75) is 64.1 Å². The van der Waals surface area contributed by atoms with Gasteiger partial charge in [0.2, 0.25) is 5.91 Å². The van der Waals surface area contributed by atoms with E-state index in [4.69, 9.17) is 4.74 Å². The van der Waals surface area contributed by atoms with Crippen LogP contribution in [0.15, 0.2) is 54.6 Å². The van der Waals surface area contributed by atoms with Crippen LogP contribution in [0.25, 0.3) is 0 Å². The van der Waals surface area contributed by atoms with Crippen molar-refractivity contribution >= 4 is 29.2 Å². The number of aryl methyl sites for hydroxylation is 1. The number of fused-ring (bicyclic) bond motifs is 1. The van der Waals surface area contributed by atoms with Gasteiger partial charge in [0.25, 0.3) is 0 Å². The van der Waals surface area contributed by atoms with E-state index in [1.165, 1.54) is 17.5 Å². The SMILES string of the molecule is CCCc1ccccc1[C@H]1COc2ccc(C(O)C(=O)O)cc2N(CC2CCC2C(O)/C=C/CCN(C)C(C)=O)C1.CCl. The van der Waals surface area contributed by atoms with Gasteiger partial charge in [-0.1, -0.05) is 55.8 Å². The van der Waals surface area contributed by atoms with Gasteiger partial charge in [0.1, 0.15) is 5.75 Å². The maximum absolute atomic E-state index is 11.5. The molecule has 0 radical (unpaired) electrons. The van der Waals surface area contributed by atoms with Gasteiger partial charge in [0.05, 0.1) is 18.4 Å². The fraction of sp³-hybridized carbons (Fsp3) is 0.529. The molecule has 2 aromatic carbocycles. The third-order valence-corrected chi connectivity index (χ3v) is 8.64. The number of carbonyl (C=O) groups is 2. The molecule has 3 N–H and O–H groups in total. The molecule has 4 unspecified atom stereocenters. The Morgan fingerprint density at radius 1 is 1.16 bits per heavy atom. The molecule has 1 fully saturated rings. The molecule has 0 spiro atoms. The predicted octanol–water partition coefficient (Wildman–Crippen LogP) is 5.41. The third-order valence-electron chi connectivity index (χ3n) is 8.64. The van der Waals surface area contributed by atoms with Gasteiger partial charge in [-0.25, -0.2) is 4.79 Å². The quantitative estimate of drug-likeness (QED) is 0.217. The van der Waals surface area contributed by atoms with Crippen LogP contribution in [0.3, 0.4) is 0 Å². The number of aliphatic hydroxyl groups excluding tert-OH is 2. The Bertz CT molecular complexity index is 1240. The maximum Gasteiger partial charge on any atom is 0.337 e. The number of alkyl halides is 1. The number of aliphatic carboxylic acids is 1. The maximum atomic E-state index is 11.5. The molecule has 8 nitrogen and oxygen atoms in total. The molecule has 0 aromatic heterocycles. The molecule has 1 aliphatic carbocycles. The lowest BCUT2D eigenvalue weighted by Gasteiger charge is -2.42. The molecular formula is C34H47ClN2O6. The summed E-state index contributed by atoms with van der Waals surface area (Å²) in [6.45, 7) is 6.21. The van der Waals surface area contributed by atoms with Gasteiger partial charge < -0.3 is 29.9 Å². The molecule has 1 heterocycles. The fourth-order valence-corrected chi connectivity index (χ4v) is 5.97. The summed E-state index contributed by atoms with van der Waals surface area (Å²) in [5, 5.41) is 30.7. The monoisotopic (exact) mass is 614 g/mol. The number of ether oxygens (including phenoxy) is 1. The smallest absolute Gasteiger partial charge is 0.337 e. The molecule has 9 heteroatoms. The van der Waals surface area contributed by atoms with E-state index in [9.17, 15) is 24.9 Å². The van der Waals surface area contributed by atoms with Crippen LogP contribution in [-0.2, 0) is 16.0 Å². The summed E-state index contributed by atoms with van der Waals surface area (Å²) in [7, 11) is 1.77. The van der Waals surface area contributed by atoms with E-state index >= 15 is 0 Å². The lowest BCUT2D eigenvalue weighted by molar-refractivity contribution is -0.147. The molecule has 1 amide bonds. The largest absolute Gasteiger partial charge is 0.491 e. The number of rotatable bonds is 12. The number of carboxylic acid groups (broad SMARTS) is 1. The topological polar surface area (TPSA) is 111 Å². The molecule has 0 saturated heterocycles. The molecule has 0 bridgehead atoms. The highest BCUT2D eigenvalue weighted by Crippen LogP contribution is 2.42. The minimum absolute atomic E-state index is 0.0226. The van der Waals surface area contributed by atoms with Crippen molar-refractivity contribution in [2.75, 3.05) is 44.6 Å². The van der Waals surface area contributed by atoms with E-state index in [0.717, 1.165) is 31.4 Å². The highest BCUT2D eigenvalue weighted by Gasteiger charge is 2.38. The van der Waals surface area contributed by atoms with Gasteiger partial charge in [-0.2, -0.15) is 0 Å². The number of carbonyl (C=O) groups excluding carboxylic acids is 1. The van der Waals surface area contributed by atoms with E-state index < -0.39 is 18.2 Å². The normalized spacial score (nSPS) is 20.9. The van der Waals surface area contributed by atoms with E-state index in [0.29, 0.717) is 44.0 Å². The lowest BCUT2D eigenvalue weighted by atomic mass is 9.70. The van der Waals surface area contributed by atoms with E-state index in [1.54, 1.807) is 37.1 Å². The summed E-state index contributed by atoms with van der Waals surface area (Å²) in [6, 6.07) is 13.6. The first-order chi connectivity index (χ1) is 20.7. The number of carboxylic acids is 1.